The fraction of sp³-hybridized carbons (Fsp3) is 0.478. The Labute approximate surface area is 639 Å². The van der Waals surface area contributed by atoms with Crippen molar-refractivity contribution >= 4 is 46.4 Å². The Morgan fingerprint density at radius 3 is 0.796 bits per heavy atom. The average molecular weight is 1460 g/mol. The minimum absolute atomic E-state index is 0.0149. The molecule has 568 valence electrons. The zero-order valence-electron chi connectivity index (χ0n) is 65.7. The van der Waals surface area contributed by atoms with E-state index in [1.807, 2.05) is 150 Å². The summed E-state index contributed by atoms with van der Waals surface area (Å²) in [6.45, 7) is 27.6. The van der Waals surface area contributed by atoms with Crippen LogP contribution in [-0.2, 0) is 40.8 Å². The van der Waals surface area contributed by atoms with Crippen LogP contribution < -0.4 is 40.2 Å². The summed E-state index contributed by atoms with van der Waals surface area (Å²) < 4.78 is 23.6. The Balaban J connectivity index is 0.000000127. The van der Waals surface area contributed by atoms with Gasteiger partial charge < -0.3 is 40.2 Å². The van der Waals surface area contributed by atoms with Gasteiger partial charge in [0.15, 0.2) is 0 Å². The predicted octanol–water partition coefficient (Wildman–Crippen LogP) is 19.2. The maximum atomic E-state index is 12.7. The van der Waals surface area contributed by atoms with Crippen molar-refractivity contribution in [3.63, 3.8) is 0 Å². The van der Waals surface area contributed by atoms with Crippen LogP contribution in [0.4, 0.5) is 22.7 Å². The molecule has 8 aromatic rings. The van der Waals surface area contributed by atoms with Crippen LogP contribution in [0.1, 0.15) is 197 Å². The van der Waals surface area contributed by atoms with Crippen LogP contribution in [0.3, 0.4) is 0 Å². The number of carbonyl (C=O) groups excluding carboxylic acids is 4. The van der Waals surface area contributed by atoms with E-state index < -0.39 is 0 Å². The fourth-order valence-electron chi connectivity index (χ4n) is 18.2. The van der Waals surface area contributed by atoms with Crippen LogP contribution in [0, 0.1) is 103 Å². The Hall–Kier alpha value is -9.44. The molecule has 4 aliphatic carbocycles. The van der Waals surface area contributed by atoms with Gasteiger partial charge in [-0.1, -0.05) is 105 Å². The molecule has 4 saturated carbocycles. The van der Waals surface area contributed by atoms with E-state index in [9.17, 15) is 19.2 Å². The van der Waals surface area contributed by atoms with Crippen molar-refractivity contribution < 1.29 is 38.1 Å². The zero-order valence-corrected chi connectivity index (χ0v) is 65.7. The Morgan fingerprint density at radius 1 is 0.315 bits per heavy atom. The molecule has 16 rings (SSSR count). The second-order valence-corrected chi connectivity index (χ2v) is 33.6. The molecule has 8 aliphatic rings. The number of hydrogen-bond acceptors (Lipinski definition) is 12. The number of aromatic nitrogens is 4. The average Bonchev–Trinajstić information content (AvgIpc) is 1.62. The molecular weight excluding hydrogens is 1350 g/mol. The highest BCUT2D eigenvalue weighted by atomic mass is 16.5. The van der Waals surface area contributed by atoms with Gasteiger partial charge in [0, 0.05) is 115 Å². The maximum absolute atomic E-state index is 12.7. The van der Waals surface area contributed by atoms with Gasteiger partial charge in [0.2, 0.25) is 47.1 Å². The highest BCUT2D eigenvalue weighted by Crippen LogP contribution is 2.54. The first kappa shape index (κ1) is 76.7. The fourth-order valence-corrected chi connectivity index (χ4v) is 18.2. The lowest BCUT2D eigenvalue weighted by molar-refractivity contribution is -0.122. The van der Waals surface area contributed by atoms with Crippen molar-refractivity contribution in [1.82, 2.24) is 19.9 Å². The lowest BCUT2D eigenvalue weighted by Crippen LogP contribution is -2.37. The lowest BCUT2D eigenvalue weighted by Gasteiger charge is -2.38. The molecular formula is C92H112N8O8. The van der Waals surface area contributed by atoms with Crippen molar-refractivity contribution in [2.24, 2.45) is 47.3 Å². The quantitative estimate of drug-likeness (QED) is 0.0902. The molecule has 0 unspecified atom stereocenters. The summed E-state index contributed by atoms with van der Waals surface area (Å²) in [5, 5.41) is 12.3. The molecule has 4 aromatic heterocycles. The molecule has 4 N–H and O–H groups in total. The molecule has 8 heterocycles. The number of benzene rings is 4. The molecule has 16 heteroatoms. The van der Waals surface area contributed by atoms with Crippen molar-refractivity contribution in [2.45, 2.75) is 207 Å². The minimum atomic E-state index is 0.0149. The van der Waals surface area contributed by atoms with E-state index in [0.29, 0.717) is 23.7 Å². The Morgan fingerprint density at radius 2 is 0.546 bits per heavy atom. The van der Waals surface area contributed by atoms with Crippen LogP contribution >= 0.6 is 0 Å². The molecule has 0 radical (unpaired) electrons. The molecule has 4 fully saturated rings. The second kappa shape index (κ2) is 32.8. The third-order valence-corrected chi connectivity index (χ3v) is 25.9. The van der Waals surface area contributed by atoms with Crippen molar-refractivity contribution in [3.8, 4) is 23.5 Å². The number of nitrogens with zero attached hydrogens (tertiary/aromatic N) is 4. The molecule has 4 aromatic carbocycles. The molecule has 4 atom stereocenters. The number of rotatable bonds is 12. The smallest absolute Gasteiger partial charge is 0.227 e. The van der Waals surface area contributed by atoms with Gasteiger partial charge in [-0.25, -0.2) is 19.9 Å². The maximum Gasteiger partial charge on any atom is 0.227 e. The highest BCUT2D eigenvalue weighted by Gasteiger charge is 2.50. The molecule has 0 saturated heterocycles. The van der Waals surface area contributed by atoms with Gasteiger partial charge >= 0.3 is 0 Å². The van der Waals surface area contributed by atoms with Crippen molar-refractivity contribution in [3.05, 3.63) is 213 Å². The largest absolute Gasteiger partial charge is 0.476 e. The zero-order chi connectivity index (χ0) is 76.1. The molecule has 0 bridgehead atoms. The first-order valence-electron chi connectivity index (χ1n) is 39.8. The SMILES string of the molecule is Cc1ccc(NC(=O)[C@@H](C)C2CCC3(CC2)COc2nc(C)ccc23)cc1.Cc1ccc(NC(=O)[C@@H](C)C2CCC3(CC2)COc2ncc(C)cc23)cc1.Cc1ccc(NC(=O)[C@H](C)C2CCC3(CC2)COc2ncc(C)cc23)cc1.Cc1ccc(NC(=O)[C@H](C)C2CCC3(CC2)COc2ncc(C)cc23)cc1. The number of hydrogen-bond donors (Lipinski definition) is 4. The molecule has 4 amide bonds. The van der Waals surface area contributed by atoms with Crippen LogP contribution in [0.5, 0.6) is 23.5 Å². The van der Waals surface area contributed by atoms with Gasteiger partial charge in [0.1, 0.15) is 0 Å². The number of fused-ring (bicyclic) bond motifs is 8. The van der Waals surface area contributed by atoms with E-state index in [2.05, 4.69) is 120 Å². The predicted molar refractivity (Wildman–Crippen MR) is 428 cm³/mol. The Bertz CT molecular complexity index is 4150. The van der Waals surface area contributed by atoms with Gasteiger partial charge in [0.05, 0.1) is 26.4 Å². The standard InChI is InChI=1S/4C23H28N2O2/c1-15-4-7-19(8-5-15)25-21(26)17(3)18-10-12-23(13-11-18)14-27-22-20(23)9-6-16(2)24-22;3*1-15-4-6-19(7-5-15)25-21(26)17(3)18-8-10-23(11-9-18)14-27-22-20(23)12-16(2)13-24-22/h4-9,17-18H,10-14H2,1-3H3,(H,25,26);3*4-7,12-13,17-18H,8-11,14H2,1-3H3,(H,25,26)/t4*17-,18?,23?/m0110/s1. The van der Waals surface area contributed by atoms with Crippen LogP contribution in [0.25, 0.3) is 0 Å². The summed E-state index contributed by atoms with van der Waals surface area (Å²) in [7, 11) is 0. The Kier molecular flexibility index (Phi) is 23.3. The number of amides is 4. The molecule has 4 spiro atoms. The number of nitrogens with one attached hydrogen (secondary N) is 4. The number of carbonyl (C=O) groups is 4. The number of anilines is 4. The van der Waals surface area contributed by atoms with E-state index in [-0.39, 0.29) is 69.0 Å². The summed E-state index contributed by atoms with van der Waals surface area (Å²) in [4.78, 5) is 68.7. The first-order valence-corrected chi connectivity index (χ1v) is 39.8. The van der Waals surface area contributed by atoms with Gasteiger partial charge in [0.25, 0.3) is 0 Å². The summed E-state index contributed by atoms with van der Waals surface area (Å²) in [6.07, 6.45) is 22.6. The minimum Gasteiger partial charge on any atom is -0.476 e. The van der Waals surface area contributed by atoms with Gasteiger partial charge in [-0.2, -0.15) is 0 Å². The summed E-state index contributed by atoms with van der Waals surface area (Å²) in [6, 6.07) is 43.0. The van der Waals surface area contributed by atoms with E-state index in [4.69, 9.17) is 18.9 Å². The number of pyridine rings is 4. The van der Waals surface area contributed by atoms with E-state index in [1.54, 1.807) is 0 Å². The van der Waals surface area contributed by atoms with Crippen LogP contribution in [-0.4, -0.2) is 70.0 Å². The summed E-state index contributed by atoms with van der Waals surface area (Å²) >= 11 is 0. The lowest BCUT2D eigenvalue weighted by atomic mass is 9.65. The number of ether oxygens (including phenoxy) is 4. The monoisotopic (exact) mass is 1460 g/mol. The van der Waals surface area contributed by atoms with Gasteiger partial charge in [-0.3, -0.25) is 19.2 Å². The summed E-state index contributed by atoms with van der Waals surface area (Å²) in [5.41, 5.74) is 18.3. The molecule has 4 aliphatic heterocycles. The topological polar surface area (TPSA) is 205 Å². The first-order chi connectivity index (χ1) is 51.9. The second-order valence-electron chi connectivity index (χ2n) is 33.6. The number of aryl methyl sites for hydroxylation is 8. The van der Waals surface area contributed by atoms with Crippen molar-refractivity contribution in [1.29, 1.82) is 0 Å². The third kappa shape index (κ3) is 17.2. The van der Waals surface area contributed by atoms with E-state index >= 15 is 0 Å². The van der Waals surface area contributed by atoms with Crippen LogP contribution in [0.2, 0.25) is 0 Å². The molecule has 108 heavy (non-hydrogen) atoms. The van der Waals surface area contributed by atoms with Gasteiger partial charge in [-0.15, -0.1) is 0 Å². The van der Waals surface area contributed by atoms with Crippen molar-refractivity contribution in [2.75, 3.05) is 47.7 Å². The van der Waals surface area contributed by atoms with Crippen LogP contribution in [0.15, 0.2) is 146 Å². The van der Waals surface area contributed by atoms with Gasteiger partial charge in [-0.05, 0) is 271 Å². The van der Waals surface area contributed by atoms with E-state index in [0.717, 1.165) is 181 Å². The molecule has 16 nitrogen and oxygen atoms in total. The van der Waals surface area contributed by atoms with E-state index in [1.165, 1.54) is 61.2 Å². The summed E-state index contributed by atoms with van der Waals surface area (Å²) in [5.74, 6) is 5.49. The highest BCUT2D eigenvalue weighted by molar-refractivity contribution is 5.94. The normalized spacial score (nSPS) is 24.9. The third-order valence-electron chi connectivity index (χ3n) is 25.9.